The molecule has 110 valence electrons. The van der Waals surface area contributed by atoms with Crippen molar-refractivity contribution in [3.63, 3.8) is 0 Å². The quantitative estimate of drug-likeness (QED) is 0.679. The molecule has 1 unspecified atom stereocenters. The van der Waals surface area contributed by atoms with Crippen LogP contribution >= 0.6 is 0 Å². The highest BCUT2D eigenvalue weighted by Gasteiger charge is 2.31. The summed E-state index contributed by atoms with van der Waals surface area (Å²) in [6.07, 6.45) is 3.89. The molecule has 2 aliphatic rings. The summed E-state index contributed by atoms with van der Waals surface area (Å²) in [7, 11) is 0. The highest BCUT2D eigenvalue weighted by Crippen LogP contribution is 2.30. The molecule has 0 aromatic heterocycles. The summed E-state index contributed by atoms with van der Waals surface area (Å²) in [5.41, 5.74) is -0.579. The van der Waals surface area contributed by atoms with Crippen LogP contribution in [0.15, 0.2) is 6.07 Å². The fourth-order valence-corrected chi connectivity index (χ4v) is 2.74. The predicted molar refractivity (Wildman–Crippen MR) is 67.7 cm³/mol. The Morgan fingerprint density at radius 2 is 1.60 bits per heavy atom. The zero-order valence-corrected chi connectivity index (χ0v) is 10.9. The van der Waals surface area contributed by atoms with E-state index in [2.05, 4.69) is 5.32 Å². The molecule has 1 atom stereocenters. The van der Waals surface area contributed by atoms with Gasteiger partial charge in [0.15, 0.2) is 23.3 Å². The van der Waals surface area contributed by atoms with Gasteiger partial charge in [0.2, 0.25) is 0 Å². The Kier molecular flexibility index (Phi) is 3.58. The zero-order valence-electron chi connectivity index (χ0n) is 10.9. The van der Waals surface area contributed by atoms with Gasteiger partial charge in [0, 0.05) is 31.2 Å². The van der Waals surface area contributed by atoms with Crippen LogP contribution < -0.4 is 10.2 Å². The normalized spacial score (nSPS) is 23.2. The lowest BCUT2D eigenvalue weighted by Gasteiger charge is -2.35. The van der Waals surface area contributed by atoms with E-state index in [9.17, 15) is 17.6 Å². The maximum Gasteiger partial charge on any atom is 0.185 e. The molecular formula is C14H16F4N2. The van der Waals surface area contributed by atoms with Crippen molar-refractivity contribution in [1.29, 1.82) is 0 Å². The number of nitrogens with zero attached hydrogens (tertiary/aromatic N) is 1. The van der Waals surface area contributed by atoms with Crippen LogP contribution in [0.3, 0.4) is 0 Å². The van der Waals surface area contributed by atoms with Gasteiger partial charge in [0.1, 0.15) is 5.69 Å². The molecule has 0 bridgehead atoms. The van der Waals surface area contributed by atoms with Crippen LogP contribution in [0.1, 0.15) is 25.7 Å². The lowest BCUT2D eigenvalue weighted by atomic mass is 10.0. The molecule has 1 saturated heterocycles. The van der Waals surface area contributed by atoms with Gasteiger partial charge in [-0.1, -0.05) is 0 Å². The molecule has 1 heterocycles. The first kappa shape index (κ1) is 13.7. The maximum atomic E-state index is 13.8. The van der Waals surface area contributed by atoms with Crippen molar-refractivity contribution >= 4 is 5.69 Å². The van der Waals surface area contributed by atoms with E-state index in [1.807, 2.05) is 0 Å². The number of rotatable bonds is 3. The molecule has 1 aliphatic carbocycles. The number of piperidine rings is 1. The molecule has 20 heavy (non-hydrogen) atoms. The van der Waals surface area contributed by atoms with Crippen molar-refractivity contribution in [3.8, 4) is 0 Å². The van der Waals surface area contributed by atoms with Gasteiger partial charge in [-0.2, -0.15) is 0 Å². The van der Waals surface area contributed by atoms with Crippen LogP contribution in [-0.4, -0.2) is 25.2 Å². The molecule has 2 fully saturated rings. The minimum atomic E-state index is -1.35. The molecule has 2 nitrogen and oxygen atoms in total. The SMILES string of the molecule is Fc1cc(F)c(F)c(N2CCCC(NC3CC3)C2)c1F. The van der Waals surface area contributed by atoms with Crippen molar-refractivity contribution < 1.29 is 17.6 Å². The average molecular weight is 288 g/mol. The Balaban J connectivity index is 1.84. The van der Waals surface area contributed by atoms with Gasteiger partial charge < -0.3 is 10.2 Å². The number of hydrogen-bond acceptors (Lipinski definition) is 2. The van der Waals surface area contributed by atoms with Crippen molar-refractivity contribution in [3.05, 3.63) is 29.3 Å². The highest BCUT2D eigenvalue weighted by atomic mass is 19.2. The molecule has 1 aromatic rings. The molecule has 1 aliphatic heterocycles. The smallest absolute Gasteiger partial charge is 0.185 e. The first-order valence-electron chi connectivity index (χ1n) is 6.90. The van der Waals surface area contributed by atoms with Crippen LogP contribution in [0.4, 0.5) is 23.2 Å². The van der Waals surface area contributed by atoms with Gasteiger partial charge in [-0.3, -0.25) is 0 Å². The summed E-state index contributed by atoms with van der Waals surface area (Å²) in [5.74, 6) is -5.32. The summed E-state index contributed by atoms with van der Waals surface area (Å²) in [4.78, 5) is 1.40. The van der Waals surface area contributed by atoms with Gasteiger partial charge in [-0.15, -0.1) is 0 Å². The Morgan fingerprint density at radius 3 is 2.20 bits per heavy atom. The summed E-state index contributed by atoms with van der Waals surface area (Å²) in [6, 6.07) is 0.846. The summed E-state index contributed by atoms with van der Waals surface area (Å²) in [5, 5.41) is 3.39. The van der Waals surface area contributed by atoms with Crippen LogP contribution in [-0.2, 0) is 0 Å². The standard InChI is InChI=1S/C14H16F4N2/c15-10-6-11(16)13(18)14(12(10)17)20-5-1-2-9(7-20)19-8-3-4-8/h6,8-9,19H,1-5,7H2. The van der Waals surface area contributed by atoms with Crippen molar-refractivity contribution in [1.82, 2.24) is 5.32 Å². The van der Waals surface area contributed by atoms with E-state index in [1.54, 1.807) is 0 Å². The van der Waals surface area contributed by atoms with Crippen molar-refractivity contribution in [2.24, 2.45) is 0 Å². The first-order chi connectivity index (χ1) is 9.56. The van der Waals surface area contributed by atoms with Gasteiger partial charge in [-0.25, -0.2) is 17.6 Å². The number of nitrogens with one attached hydrogen (secondary N) is 1. The fourth-order valence-electron chi connectivity index (χ4n) is 2.74. The number of benzene rings is 1. The Hall–Kier alpha value is -1.30. The van der Waals surface area contributed by atoms with E-state index in [1.165, 1.54) is 4.90 Å². The highest BCUT2D eigenvalue weighted by molar-refractivity contribution is 5.50. The van der Waals surface area contributed by atoms with E-state index in [-0.39, 0.29) is 12.1 Å². The van der Waals surface area contributed by atoms with Gasteiger partial charge in [-0.05, 0) is 25.7 Å². The van der Waals surface area contributed by atoms with Crippen LogP contribution in [0, 0.1) is 23.3 Å². The van der Waals surface area contributed by atoms with Crippen molar-refractivity contribution in [2.75, 3.05) is 18.0 Å². The monoisotopic (exact) mass is 288 g/mol. The third-order valence-electron chi connectivity index (χ3n) is 3.87. The third-order valence-corrected chi connectivity index (χ3v) is 3.87. The van der Waals surface area contributed by atoms with E-state index in [4.69, 9.17) is 0 Å². The first-order valence-corrected chi connectivity index (χ1v) is 6.90. The molecule has 3 rings (SSSR count). The summed E-state index contributed by atoms with van der Waals surface area (Å²) < 4.78 is 54.1. The summed E-state index contributed by atoms with van der Waals surface area (Å²) >= 11 is 0. The molecule has 0 radical (unpaired) electrons. The predicted octanol–water partition coefficient (Wildman–Crippen LogP) is 2.96. The molecule has 1 saturated carbocycles. The van der Waals surface area contributed by atoms with E-state index in [0.717, 1.165) is 25.7 Å². The number of anilines is 1. The second-order valence-corrected chi connectivity index (χ2v) is 5.54. The molecule has 6 heteroatoms. The number of hydrogen-bond donors (Lipinski definition) is 1. The Morgan fingerprint density at radius 1 is 0.950 bits per heavy atom. The van der Waals surface area contributed by atoms with Gasteiger partial charge >= 0.3 is 0 Å². The topological polar surface area (TPSA) is 15.3 Å². The molecular weight excluding hydrogens is 272 g/mol. The van der Waals surface area contributed by atoms with Gasteiger partial charge in [0.05, 0.1) is 0 Å². The maximum absolute atomic E-state index is 13.8. The molecule has 0 amide bonds. The van der Waals surface area contributed by atoms with E-state index < -0.39 is 29.0 Å². The van der Waals surface area contributed by atoms with Crippen LogP contribution in [0.25, 0.3) is 0 Å². The van der Waals surface area contributed by atoms with E-state index >= 15 is 0 Å². The Bertz CT molecular complexity index is 490. The second-order valence-electron chi connectivity index (χ2n) is 5.54. The number of halogens is 4. The lowest BCUT2D eigenvalue weighted by molar-refractivity contribution is 0.402. The van der Waals surface area contributed by atoms with E-state index in [0.29, 0.717) is 19.1 Å². The molecule has 0 spiro atoms. The second kappa shape index (κ2) is 5.24. The van der Waals surface area contributed by atoms with Gasteiger partial charge in [0.25, 0.3) is 0 Å². The molecule has 1 N–H and O–H groups in total. The minimum absolute atomic E-state index is 0.112. The lowest BCUT2D eigenvalue weighted by Crippen LogP contribution is -2.47. The van der Waals surface area contributed by atoms with Crippen molar-refractivity contribution in [2.45, 2.75) is 37.8 Å². The Labute approximate surface area is 114 Å². The van der Waals surface area contributed by atoms with Crippen LogP contribution in [0.2, 0.25) is 0 Å². The van der Waals surface area contributed by atoms with Crippen LogP contribution in [0.5, 0.6) is 0 Å². The summed E-state index contributed by atoms with van der Waals surface area (Å²) in [6.45, 7) is 0.771. The largest absolute Gasteiger partial charge is 0.365 e. The molecule has 1 aromatic carbocycles. The fraction of sp³-hybridized carbons (Fsp3) is 0.571. The average Bonchev–Trinajstić information content (AvgIpc) is 3.21. The third kappa shape index (κ3) is 2.61. The minimum Gasteiger partial charge on any atom is -0.365 e. The zero-order chi connectivity index (χ0) is 14.3.